The molecule has 1 atom stereocenters. The molecule has 0 aromatic heterocycles. The van der Waals surface area contributed by atoms with Gasteiger partial charge < -0.3 is 5.32 Å². The molecule has 0 spiro atoms. The molecule has 0 aliphatic carbocycles. The van der Waals surface area contributed by atoms with Gasteiger partial charge in [0.1, 0.15) is 5.82 Å². The summed E-state index contributed by atoms with van der Waals surface area (Å²) in [5.74, 6) is -0.463. The largest absolute Gasteiger partial charge is 0.325 e. The first-order valence-electron chi connectivity index (χ1n) is 6.80. The van der Waals surface area contributed by atoms with Gasteiger partial charge in [-0.15, -0.1) is 11.8 Å². The molecule has 0 aliphatic heterocycles. The maximum atomic E-state index is 12.8. The lowest BCUT2D eigenvalue weighted by Gasteiger charge is -2.12. The average molecular weight is 317 g/mol. The van der Waals surface area contributed by atoms with Gasteiger partial charge >= 0.3 is 0 Å². The van der Waals surface area contributed by atoms with Crippen LogP contribution >= 0.6 is 11.8 Å². The molecular formula is C17H16FNO2S. The maximum Gasteiger partial charge on any atom is 0.237 e. The van der Waals surface area contributed by atoms with E-state index in [1.807, 2.05) is 0 Å². The Bertz CT molecular complexity index is 668. The molecule has 0 radical (unpaired) electrons. The van der Waals surface area contributed by atoms with E-state index in [1.165, 1.54) is 30.8 Å². The van der Waals surface area contributed by atoms with E-state index in [2.05, 4.69) is 5.32 Å². The number of amides is 1. The number of thioether (sulfide) groups is 1. The topological polar surface area (TPSA) is 46.2 Å². The fourth-order valence-corrected chi connectivity index (χ4v) is 2.67. The number of rotatable bonds is 5. The first-order chi connectivity index (χ1) is 10.5. The van der Waals surface area contributed by atoms with Gasteiger partial charge in [0.2, 0.25) is 5.91 Å². The van der Waals surface area contributed by atoms with Crippen LogP contribution in [0.25, 0.3) is 0 Å². The Morgan fingerprint density at radius 2 is 1.64 bits per heavy atom. The van der Waals surface area contributed by atoms with Crippen molar-refractivity contribution >= 4 is 29.1 Å². The van der Waals surface area contributed by atoms with Crippen molar-refractivity contribution < 1.29 is 14.0 Å². The Morgan fingerprint density at radius 1 is 1.05 bits per heavy atom. The highest BCUT2D eigenvalue weighted by Crippen LogP contribution is 2.24. The molecule has 0 aliphatic rings. The molecule has 22 heavy (non-hydrogen) atoms. The second-order valence-electron chi connectivity index (χ2n) is 4.84. The smallest absolute Gasteiger partial charge is 0.237 e. The van der Waals surface area contributed by atoms with E-state index in [4.69, 9.17) is 0 Å². The van der Waals surface area contributed by atoms with Crippen molar-refractivity contribution in [3.63, 3.8) is 0 Å². The van der Waals surface area contributed by atoms with Gasteiger partial charge in [0.15, 0.2) is 5.78 Å². The molecule has 2 aromatic carbocycles. The van der Waals surface area contributed by atoms with Gasteiger partial charge in [-0.05, 0) is 62.4 Å². The van der Waals surface area contributed by atoms with Gasteiger partial charge in [0, 0.05) is 16.1 Å². The third-order valence-electron chi connectivity index (χ3n) is 3.05. The molecule has 0 heterocycles. The second-order valence-corrected chi connectivity index (χ2v) is 6.25. The van der Waals surface area contributed by atoms with E-state index >= 15 is 0 Å². The van der Waals surface area contributed by atoms with Crippen LogP contribution in [0.1, 0.15) is 24.2 Å². The van der Waals surface area contributed by atoms with Crippen molar-refractivity contribution in [3.8, 4) is 0 Å². The number of Topliss-reactive ketones (excluding diaryl/α,β-unsaturated/α-hetero) is 1. The van der Waals surface area contributed by atoms with E-state index in [0.29, 0.717) is 11.3 Å². The number of hydrogen-bond acceptors (Lipinski definition) is 3. The van der Waals surface area contributed by atoms with E-state index in [-0.39, 0.29) is 22.8 Å². The highest BCUT2D eigenvalue weighted by Gasteiger charge is 2.14. The fraction of sp³-hybridized carbons (Fsp3) is 0.176. The monoisotopic (exact) mass is 317 g/mol. The maximum absolute atomic E-state index is 12.8. The first kappa shape index (κ1) is 16.2. The van der Waals surface area contributed by atoms with Crippen LogP contribution in [0, 0.1) is 5.82 Å². The van der Waals surface area contributed by atoms with E-state index < -0.39 is 0 Å². The third kappa shape index (κ3) is 4.43. The highest BCUT2D eigenvalue weighted by atomic mass is 32.2. The second kappa shape index (κ2) is 7.22. The molecule has 1 unspecified atom stereocenters. The van der Waals surface area contributed by atoms with E-state index in [9.17, 15) is 14.0 Å². The molecule has 1 amide bonds. The summed E-state index contributed by atoms with van der Waals surface area (Å²) in [6, 6.07) is 12.8. The summed E-state index contributed by atoms with van der Waals surface area (Å²) < 4.78 is 12.8. The van der Waals surface area contributed by atoms with Crippen molar-refractivity contribution in [2.75, 3.05) is 5.32 Å². The molecule has 0 bridgehead atoms. The summed E-state index contributed by atoms with van der Waals surface area (Å²) in [7, 11) is 0. The molecule has 1 N–H and O–H groups in total. The van der Waals surface area contributed by atoms with Crippen LogP contribution in [0.3, 0.4) is 0 Å². The molecule has 0 fully saturated rings. The van der Waals surface area contributed by atoms with Gasteiger partial charge in [0.05, 0.1) is 5.25 Å². The summed E-state index contributed by atoms with van der Waals surface area (Å²) >= 11 is 1.35. The Hall–Kier alpha value is -2.14. The lowest BCUT2D eigenvalue weighted by atomic mass is 10.1. The number of ketones is 1. The minimum absolute atomic E-state index is 0.0156. The number of anilines is 1. The first-order valence-corrected chi connectivity index (χ1v) is 7.68. The number of nitrogens with one attached hydrogen (secondary N) is 1. The number of hydrogen-bond donors (Lipinski definition) is 1. The van der Waals surface area contributed by atoms with Gasteiger partial charge in [-0.1, -0.05) is 0 Å². The average Bonchev–Trinajstić information content (AvgIpc) is 2.50. The van der Waals surface area contributed by atoms with Crippen LogP contribution in [0.4, 0.5) is 10.1 Å². The van der Waals surface area contributed by atoms with Gasteiger partial charge in [-0.25, -0.2) is 4.39 Å². The van der Waals surface area contributed by atoms with Gasteiger partial charge in [-0.2, -0.15) is 0 Å². The molecule has 5 heteroatoms. The van der Waals surface area contributed by atoms with Gasteiger partial charge in [-0.3, -0.25) is 9.59 Å². The highest BCUT2D eigenvalue weighted by molar-refractivity contribution is 8.00. The lowest BCUT2D eigenvalue weighted by Crippen LogP contribution is -2.22. The zero-order valence-corrected chi connectivity index (χ0v) is 13.1. The third-order valence-corrected chi connectivity index (χ3v) is 4.17. The predicted molar refractivity (Wildman–Crippen MR) is 86.8 cm³/mol. The van der Waals surface area contributed by atoms with E-state index in [1.54, 1.807) is 43.3 Å². The summed E-state index contributed by atoms with van der Waals surface area (Å²) in [4.78, 5) is 24.2. The molecule has 0 saturated carbocycles. The van der Waals surface area contributed by atoms with Crippen molar-refractivity contribution in [1.29, 1.82) is 0 Å². The normalized spacial score (nSPS) is 11.8. The Morgan fingerprint density at radius 3 is 2.18 bits per heavy atom. The zero-order chi connectivity index (χ0) is 16.1. The molecule has 0 saturated heterocycles. The number of carbonyl (C=O) groups is 2. The SMILES string of the molecule is CC(=O)c1ccc(NC(=O)C(C)Sc2ccc(F)cc2)cc1. The minimum Gasteiger partial charge on any atom is -0.325 e. The molecule has 3 nitrogen and oxygen atoms in total. The van der Waals surface area contributed by atoms with Crippen molar-refractivity contribution in [3.05, 3.63) is 59.9 Å². The number of carbonyl (C=O) groups excluding carboxylic acids is 2. The molecule has 114 valence electrons. The molecule has 2 aromatic rings. The number of benzene rings is 2. The fourth-order valence-electron chi connectivity index (χ4n) is 1.80. The standard InChI is InChI=1S/C17H16FNO2S/c1-11(20)13-3-7-15(8-4-13)19-17(21)12(2)22-16-9-5-14(18)6-10-16/h3-10,12H,1-2H3,(H,19,21). The lowest BCUT2D eigenvalue weighted by molar-refractivity contribution is -0.115. The van der Waals surface area contributed by atoms with Crippen molar-refractivity contribution in [1.82, 2.24) is 0 Å². The van der Waals surface area contributed by atoms with Crippen LogP contribution in [-0.2, 0) is 4.79 Å². The summed E-state index contributed by atoms with van der Waals surface area (Å²) in [6.07, 6.45) is 0. The van der Waals surface area contributed by atoms with Crippen LogP contribution in [0.15, 0.2) is 53.4 Å². The van der Waals surface area contributed by atoms with E-state index in [0.717, 1.165) is 4.90 Å². The summed E-state index contributed by atoms with van der Waals surface area (Å²) in [6.45, 7) is 3.28. The minimum atomic E-state index is -0.321. The van der Waals surface area contributed by atoms with Crippen molar-refractivity contribution in [2.24, 2.45) is 0 Å². The molecule has 2 rings (SSSR count). The number of halogens is 1. The molecular weight excluding hydrogens is 301 g/mol. The predicted octanol–water partition coefficient (Wildman–Crippen LogP) is 4.15. The Kier molecular flexibility index (Phi) is 5.33. The Labute approximate surface area is 132 Å². The quantitative estimate of drug-likeness (QED) is 0.665. The summed E-state index contributed by atoms with van der Waals surface area (Å²) in [5, 5.41) is 2.47. The Balaban J connectivity index is 1.95. The summed E-state index contributed by atoms with van der Waals surface area (Å²) in [5.41, 5.74) is 1.24. The van der Waals surface area contributed by atoms with Crippen molar-refractivity contribution in [2.45, 2.75) is 24.0 Å². The van der Waals surface area contributed by atoms with Gasteiger partial charge in [0.25, 0.3) is 0 Å². The van der Waals surface area contributed by atoms with Crippen LogP contribution < -0.4 is 5.32 Å². The van der Waals surface area contributed by atoms with Crippen LogP contribution in [-0.4, -0.2) is 16.9 Å². The zero-order valence-electron chi connectivity index (χ0n) is 12.3. The van der Waals surface area contributed by atoms with Crippen LogP contribution in [0.2, 0.25) is 0 Å². The van der Waals surface area contributed by atoms with Crippen LogP contribution in [0.5, 0.6) is 0 Å².